The highest BCUT2D eigenvalue weighted by Gasteiger charge is 2.36. The van der Waals surface area contributed by atoms with Crippen molar-refractivity contribution >= 4 is 23.1 Å². The van der Waals surface area contributed by atoms with E-state index in [4.69, 9.17) is 0 Å². The van der Waals surface area contributed by atoms with Gasteiger partial charge in [-0.25, -0.2) is 0 Å². The second-order valence-electron chi connectivity index (χ2n) is 7.17. The van der Waals surface area contributed by atoms with E-state index in [0.717, 1.165) is 11.1 Å². The molecule has 0 fully saturated rings. The Kier molecular flexibility index (Phi) is 3.72. The largest absolute Gasteiger partial charge is 0.294 e. The molecule has 4 nitrogen and oxygen atoms in total. The normalized spacial score (nSPS) is 22.2. The molecule has 4 heteroatoms. The average Bonchev–Trinajstić information content (AvgIpc) is 2.67. The second kappa shape index (κ2) is 5.84. The zero-order valence-corrected chi connectivity index (χ0v) is 14.7. The van der Waals surface area contributed by atoms with Gasteiger partial charge in [-0.2, -0.15) is 0 Å². The third-order valence-corrected chi connectivity index (χ3v) is 5.66. The standard InChI is InChI=1S/C22H18O4/c1-11-12(2)22(26)18-10-14(4-6-16(18)21(11)25)13-3-5-15-17(9-13)20(24)8-7-19(15)23/h3-6,9-12H,7-8H2,1-2H3. The van der Waals surface area contributed by atoms with Gasteiger partial charge in [-0.1, -0.05) is 38.1 Å². The van der Waals surface area contributed by atoms with Crippen molar-refractivity contribution in [3.05, 3.63) is 58.7 Å². The number of ketones is 4. The van der Waals surface area contributed by atoms with E-state index in [2.05, 4.69) is 0 Å². The molecule has 0 saturated carbocycles. The van der Waals surface area contributed by atoms with Crippen LogP contribution in [0.3, 0.4) is 0 Å². The minimum absolute atomic E-state index is 0.00938. The predicted molar refractivity (Wildman–Crippen MR) is 96.8 cm³/mol. The van der Waals surface area contributed by atoms with E-state index in [1.54, 1.807) is 50.2 Å². The lowest BCUT2D eigenvalue weighted by Crippen LogP contribution is -2.33. The van der Waals surface area contributed by atoms with Crippen molar-refractivity contribution in [2.24, 2.45) is 11.8 Å². The average molecular weight is 346 g/mol. The van der Waals surface area contributed by atoms with E-state index in [-0.39, 0.29) is 47.8 Å². The van der Waals surface area contributed by atoms with Gasteiger partial charge in [0.05, 0.1) is 0 Å². The Morgan fingerprint density at radius 3 is 1.69 bits per heavy atom. The summed E-state index contributed by atoms with van der Waals surface area (Å²) in [5.74, 6) is -0.738. The number of carbonyl (C=O) groups excluding carboxylic acids is 4. The third-order valence-electron chi connectivity index (χ3n) is 5.66. The first-order chi connectivity index (χ1) is 12.4. The van der Waals surface area contributed by atoms with E-state index >= 15 is 0 Å². The summed E-state index contributed by atoms with van der Waals surface area (Å²) in [6.07, 6.45) is 0.499. The molecule has 0 spiro atoms. The molecule has 0 aromatic heterocycles. The zero-order valence-electron chi connectivity index (χ0n) is 14.7. The molecule has 0 heterocycles. The van der Waals surface area contributed by atoms with Crippen LogP contribution in [0.2, 0.25) is 0 Å². The Bertz CT molecular complexity index is 999. The lowest BCUT2D eigenvalue weighted by Gasteiger charge is -2.26. The number of hydrogen-bond donors (Lipinski definition) is 0. The number of fused-ring (bicyclic) bond motifs is 2. The maximum Gasteiger partial charge on any atom is 0.167 e. The minimum atomic E-state index is -0.340. The van der Waals surface area contributed by atoms with Crippen molar-refractivity contribution in [3.63, 3.8) is 0 Å². The first-order valence-corrected chi connectivity index (χ1v) is 8.82. The number of Topliss-reactive ketones (excluding diaryl/α,β-unsaturated/α-hetero) is 4. The zero-order chi connectivity index (χ0) is 18.6. The molecular formula is C22H18O4. The molecular weight excluding hydrogens is 328 g/mol. The van der Waals surface area contributed by atoms with Gasteiger partial charge < -0.3 is 0 Å². The fraction of sp³-hybridized carbons (Fsp3) is 0.273. The quantitative estimate of drug-likeness (QED) is 0.777. The van der Waals surface area contributed by atoms with Crippen LogP contribution in [0.1, 0.15) is 68.1 Å². The summed E-state index contributed by atoms with van der Waals surface area (Å²) in [4.78, 5) is 49.2. The molecule has 0 N–H and O–H groups in total. The van der Waals surface area contributed by atoms with Crippen molar-refractivity contribution in [1.82, 2.24) is 0 Å². The van der Waals surface area contributed by atoms with Crippen LogP contribution in [-0.4, -0.2) is 23.1 Å². The van der Waals surface area contributed by atoms with Crippen LogP contribution in [0.4, 0.5) is 0 Å². The lowest BCUT2D eigenvalue weighted by molar-refractivity contribution is 0.0763. The summed E-state index contributed by atoms with van der Waals surface area (Å²) >= 11 is 0. The third kappa shape index (κ3) is 2.37. The Balaban J connectivity index is 1.83. The summed E-state index contributed by atoms with van der Waals surface area (Å²) in [6.45, 7) is 3.57. The molecule has 0 amide bonds. The first kappa shape index (κ1) is 16.6. The highest BCUT2D eigenvalue weighted by Crippen LogP contribution is 2.34. The highest BCUT2D eigenvalue weighted by molar-refractivity contribution is 6.17. The van der Waals surface area contributed by atoms with E-state index in [1.807, 2.05) is 0 Å². The van der Waals surface area contributed by atoms with Gasteiger partial charge in [0.2, 0.25) is 0 Å². The van der Waals surface area contributed by atoms with Gasteiger partial charge in [-0.05, 0) is 23.3 Å². The van der Waals surface area contributed by atoms with Crippen LogP contribution in [0.15, 0.2) is 36.4 Å². The topological polar surface area (TPSA) is 68.3 Å². The van der Waals surface area contributed by atoms with Crippen molar-refractivity contribution < 1.29 is 19.2 Å². The lowest BCUT2D eigenvalue weighted by atomic mass is 9.75. The fourth-order valence-corrected chi connectivity index (χ4v) is 3.78. The van der Waals surface area contributed by atoms with Gasteiger partial charge in [0.25, 0.3) is 0 Å². The Morgan fingerprint density at radius 1 is 0.615 bits per heavy atom. The predicted octanol–water partition coefficient (Wildman–Crippen LogP) is 4.16. The van der Waals surface area contributed by atoms with Gasteiger partial charge >= 0.3 is 0 Å². The summed E-state index contributed by atoms with van der Waals surface area (Å²) in [6, 6.07) is 10.4. The van der Waals surface area contributed by atoms with E-state index in [9.17, 15) is 19.2 Å². The molecule has 130 valence electrons. The van der Waals surface area contributed by atoms with Gasteiger partial charge in [-0.15, -0.1) is 0 Å². The summed E-state index contributed by atoms with van der Waals surface area (Å²) < 4.78 is 0. The van der Waals surface area contributed by atoms with Gasteiger partial charge in [0.15, 0.2) is 23.1 Å². The summed E-state index contributed by atoms with van der Waals surface area (Å²) in [7, 11) is 0. The molecule has 26 heavy (non-hydrogen) atoms. The number of hydrogen-bond acceptors (Lipinski definition) is 4. The molecule has 2 aromatic rings. The molecule has 4 rings (SSSR count). The minimum Gasteiger partial charge on any atom is -0.294 e. The van der Waals surface area contributed by atoms with Gasteiger partial charge in [0, 0.05) is 46.9 Å². The smallest absolute Gasteiger partial charge is 0.167 e. The first-order valence-electron chi connectivity index (χ1n) is 8.82. The molecule has 0 aliphatic heterocycles. The molecule has 2 aliphatic carbocycles. The van der Waals surface area contributed by atoms with Crippen LogP contribution < -0.4 is 0 Å². The fourth-order valence-electron chi connectivity index (χ4n) is 3.78. The molecule has 2 atom stereocenters. The molecule has 0 radical (unpaired) electrons. The van der Waals surface area contributed by atoms with Crippen molar-refractivity contribution in [3.8, 4) is 11.1 Å². The second-order valence-corrected chi connectivity index (χ2v) is 7.17. The van der Waals surface area contributed by atoms with Crippen LogP contribution in [0.25, 0.3) is 11.1 Å². The Morgan fingerprint density at radius 2 is 1.08 bits per heavy atom. The van der Waals surface area contributed by atoms with Crippen LogP contribution >= 0.6 is 0 Å². The van der Waals surface area contributed by atoms with Crippen LogP contribution in [0, 0.1) is 11.8 Å². The van der Waals surface area contributed by atoms with E-state index in [1.165, 1.54) is 0 Å². The van der Waals surface area contributed by atoms with Crippen LogP contribution in [-0.2, 0) is 0 Å². The van der Waals surface area contributed by atoms with Crippen molar-refractivity contribution in [2.45, 2.75) is 26.7 Å². The van der Waals surface area contributed by atoms with Crippen molar-refractivity contribution in [2.75, 3.05) is 0 Å². The molecule has 0 saturated heterocycles. The molecule has 0 bridgehead atoms. The Hall–Kier alpha value is -2.88. The molecule has 2 unspecified atom stereocenters. The maximum atomic E-state index is 12.6. The highest BCUT2D eigenvalue weighted by atomic mass is 16.1. The summed E-state index contributed by atoms with van der Waals surface area (Å²) in [5.41, 5.74) is 3.35. The number of rotatable bonds is 1. The Labute approximate surface area is 151 Å². The van der Waals surface area contributed by atoms with Crippen molar-refractivity contribution in [1.29, 1.82) is 0 Å². The maximum absolute atomic E-state index is 12.6. The monoisotopic (exact) mass is 346 g/mol. The van der Waals surface area contributed by atoms with Crippen LogP contribution in [0.5, 0.6) is 0 Å². The van der Waals surface area contributed by atoms with Gasteiger partial charge in [-0.3, -0.25) is 19.2 Å². The number of benzene rings is 2. The van der Waals surface area contributed by atoms with E-state index in [0.29, 0.717) is 22.3 Å². The summed E-state index contributed by atoms with van der Waals surface area (Å²) in [5, 5.41) is 0. The number of carbonyl (C=O) groups is 4. The van der Waals surface area contributed by atoms with E-state index < -0.39 is 0 Å². The molecule has 2 aromatic carbocycles. The SMILES string of the molecule is CC1C(=O)c2ccc(-c3ccc4c(c3)C(=O)CCC4=O)cc2C(=O)C1C. The van der Waals surface area contributed by atoms with Gasteiger partial charge in [0.1, 0.15) is 0 Å². The molecule has 2 aliphatic rings.